The summed E-state index contributed by atoms with van der Waals surface area (Å²) in [6.45, 7) is 45.6. The van der Waals surface area contributed by atoms with Crippen molar-refractivity contribution >= 4 is 68.6 Å². The summed E-state index contributed by atoms with van der Waals surface area (Å²) in [6, 6.07) is 60.8. The molecule has 3 nitrogen and oxygen atoms in total. The Kier molecular flexibility index (Phi) is 12.1. The fourth-order valence-electron chi connectivity index (χ4n) is 15.6. The van der Waals surface area contributed by atoms with E-state index < -0.39 is 0 Å². The second-order valence-corrected chi connectivity index (χ2v) is 31.9. The van der Waals surface area contributed by atoms with Crippen LogP contribution in [0.25, 0.3) is 22.3 Å². The van der Waals surface area contributed by atoms with E-state index in [1.54, 1.807) is 5.56 Å². The summed E-state index contributed by atoms with van der Waals surface area (Å²) in [5.74, 6) is 0. The maximum Gasteiger partial charge on any atom is 0.252 e. The van der Waals surface area contributed by atoms with Crippen molar-refractivity contribution in [2.24, 2.45) is 0 Å². The largest absolute Gasteiger partial charge is 0.335 e. The van der Waals surface area contributed by atoms with Crippen molar-refractivity contribution in [3.63, 3.8) is 0 Å². The van der Waals surface area contributed by atoms with Crippen LogP contribution >= 0.6 is 0 Å². The van der Waals surface area contributed by atoms with Crippen LogP contribution < -0.4 is 31.1 Å². The molecule has 4 heteroatoms. The topological polar surface area (TPSA) is 9.72 Å². The Bertz CT molecular complexity index is 3880. The van der Waals surface area contributed by atoms with E-state index >= 15 is 0 Å². The molecule has 424 valence electrons. The standard InChI is InChI=1S/C79H90BN3/c1-72(2,3)50-27-33-55(34-28-50)81(56-35-29-51(30-36-56)73(4,5)6)57-47-66-69-67(48-57)83-71-62(78(18)41-23-24-42-79(78,83)19)45-54(76(13,14)15)46-63(71)80(69)70-65(40-38-60-68(70)58-37-31-53(75(10,11)12)44-61(58)77(60,16)17)82(66)64-39-32-52(74(7,8)9)43-59(64)49-25-21-20-22-26-49/h20-22,25-40,43-48H,23-24,41-42H2,1-19H3. The van der Waals surface area contributed by atoms with Gasteiger partial charge >= 0.3 is 0 Å². The first-order valence-electron chi connectivity index (χ1n) is 31.3. The molecule has 2 atom stereocenters. The lowest BCUT2D eigenvalue weighted by molar-refractivity contribution is 0.195. The molecule has 0 aromatic heterocycles. The molecule has 0 N–H and O–H groups in total. The van der Waals surface area contributed by atoms with E-state index in [0.29, 0.717) is 0 Å². The normalized spacial score (nSPS) is 19.4. The predicted octanol–water partition coefficient (Wildman–Crippen LogP) is 20.0. The van der Waals surface area contributed by atoms with Gasteiger partial charge in [0.2, 0.25) is 0 Å². The smallest absolute Gasteiger partial charge is 0.252 e. The molecule has 0 bridgehead atoms. The lowest BCUT2D eigenvalue weighted by Gasteiger charge is -2.53. The highest BCUT2D eigenvalue weighted by Gasteiger charge is 2.62. The van der Waals surface area contributed by atoms with E-state index in [1.165, 1.54) is 119 Å². The van der Waals surface area contributed by atoms with Gasteiger partial charge in [-0.15, -0.1) is 0 Å². The highest BCUT2D eigenvalue weighted by Crippen LogP contribution is 2.64. The summed E-state index contributed by atoms with van der Waals surface area (Å²) in [5.41, 5.74) is 30.2. The second kappa shape index (κ2) is 18.1. The Morgan fingerprint density at radius 1 is 0.410 bits per heavy atom. The zero-order valence-electron chi connectivity index (χ0n) is 53.7. The van der Waals surface area contributed by atoms with Crippen molar-refractivity contribution in [1.29, 1.82) is 0 Å². The quantitative estimate of drug-likeness (QED) is 0.159. The van der Waals surface area contributed by atoms with Gasteiger partial charge in [-0.05, 0) is 179 Å². The van der Waals surface area contributed by atoms with Crippen LogP contribution in [0.3, 0.4) is 0 Å². The summed E-state index contributed by atoms with van der Waals surface area (Å²) >= 11 is 0. The van der Waals surface area contributed by atoms with Gasteiger partial charge in [-0.1, -0.05) is 235 Å². The first kappa shape index (κ1) is 55.4. The molecule has 1 fully saturated rings. The minimum atomic E-state index is -0.223. The van der Waals surface area contributed by atoms with Crippen molar-refractivity contribution < 1.29 is 0 Å². The lowest BCUT2D eigenvalue weighted by Crippen LogP contribution is -2.65. The molecule has 0 saturated heterocycles. The van der Waals surface area contributed by atoms with Gasteiger partial charge in [0.1, 0.15) is 0 Å². The first-order chi connectivity index (χ1) is 38.8. The number of fused-ring (bicyclic) bond motifs is 11. The Hall–Kier alpha value is -6.78. The monoisotopic (exact) mass is 1090 g/mol. The van der Waals surface area contributed by atoms with Gasteiger partial charge in [-0.2, -0.15) is 0 Å². The highest BCUT2D eigenvalue weighted by atomic mass is 15.3. The number of anilines is 8. The van der Waals surface area contributed by atoms with Crippen LogP contribution in [-0.4, -0.2) is 12.3 Å². The first-order valence-corrected chi connectivity index (χ1v) is 31.3. The summed E-state index contributed by atoms with van der Waals surface area (Å²) in [7, 11) is 0. The van der Waals surface area contributed by atoms with Crippen molar-refractivity contribution in [3.05, 3.63) is 196 Å². The van der Waals surface area contributed by atoms with Crippen LogP contribution in [0.4, 0.5) is 45.5 Å². The Balaban J connectivity index is 1.22. The minimum Gasteiger partial charge on any atom is -0.335 e. The summed E-state index contributed by atoms with van der Waals surface area (Å²) in [6.07, 6.45) is 4.73. The Morgan fingerprint density at radius 3 is 1.52 bits per heavy atom. The maximum absolute atomic E-state index is 2.95. The van der Waals surface area contributed by atoms with Crippen LogP contribution in [0.5, 0.6) is 0 Å². The fraction of sp³-hybridized carbons (Fsp3) is 0.392. The fourth-order valence-corrected chi connectivity index (χ4v) is 15.6. The van der Waals surface area contributed by atoms with Gasteiger partial charge in [-0.25, -0.2) is 0 Å². The number of rotatable bonds is 5. The molecule has 8 aromatic carbocycles. The van der Waals surface area contributed by atoms with Crippen molar-refractivity contribution in [2.75, 3.05) is 14.7 Å². The maximum atomic E-state index is 2.95. The van der Waals surface area contributed by atoms with E-state index in [1.807, 2.05) is 0 Å². The molecule has 83 heavy (non-hydrogen) atoms. The van der Waals surface area contributed by atoms with E-state index in [4.69, 9.17) is 0 Å². The van der Waals surface area contributed by atoms with Gasteiger partial charge < -0.3 is 14.7 Å². The molecule has 3 aliphatic heterocycles. The van der Waals surface area contributed by atoms with E-state index in [-0.39, 0.29) is 50.2 Å². The lowest BCUT2D eigenvalue weighted by atomic mass is 9.32. The van der Waals surface area contributed by atoms with E-state index in [0.717, 1.165) is 29.9 Å². The van der Waals surface area contributed by atoms with Crippen LogP contribution in [0.15, 0.2) is 152 Å². The molecular weight excluding hydrogens is 1000 g/mol. The van der Waals surface area contributed by atoms with Crippen molar-refractivity contribution in [3.8, 4) is 22.3 Å². The number of benzene rings is 8. The highest BCUT2D eigenvalue weighted by molar-refractivity contribution is 7.01. The van der Waals surface area contributed by atoms with E-state index in [2.05, 4.69) is 298 Å². The summed E-state index contributed by atoms with van der Waals surface area (Å²) in [4.78, 5) is 8.27. The number of nitrogens with zero attached hydrogens (tertiary/aromatic N) is 3. The molecule has 13 rings (SSSR count). The summed E-state index contributed by atoms with van der Waals surface area (Å²) in [5, 5.41) is 0. The average Bonchev–Trinajstić information content (AvgIpc) is 1.58. The third-order valence-corrected chi connectivity index (χ3v) is 21.0. The third kappa shape index (κ3) is 8.32. The number of hydrogen-bond donors (Lipinski definition) is 0. The molecule has 2 unspecified atom stereocenters. The van der Waals surface area contributed by atoms with Crippen molar-refractivity contribution in [1.82, 2.24) is 0 Å². The van der Waals surface area contributed by atoms with Gasteiger partial charge in [0.25, 0.3) is 6.71 Å². The molecule has 2 aliphatic carbocycles. The van der Waals surface area contributed by atoms with Crippen LogP contribution in [0.1, 0.15) is 202 Å². The molecule has 8 aromatic rings. The molecular formula is C79H90BN3. The van der Waals surface area contributed by atoms with Crippen LogP contribution in [0.2, 0.25) is 0 Å². The van der Waals surface area contributed by atoms with Crippen molar-refractivity contribution in [2.45, 2.75) is 201 Å². The van der Waals surface area contributed by atoms with Gasteiger partial charge in [0, 0.05) is 50.5 Å². The molecule has 0 spiro atoms. The number of hydrogen-bond acceptors (Lipinski definition) is 3. The van der Waals surface area contributed by atoms with Gasteiger partial charge in [-0.3, -0.25) is 0 Å². The van der Waals surface area contributed by atoms with Gasteiger partial charge in [0.05, 0.1) is 16.9 Å². The predicted molar refractivity (Wildman–Crippen MR) is 360 cm³/mol. The third-order valence-electron chi connectivity index (χ3n) is 21.0. The minimum absolute atomic E-state index is 0.00956. The Morgan fingerprint density at radius 2 is 0.928 bits per heavy atom. The zero-order chi connectivity index (χ0) is 59.1. The SMILES string of the molecule is CC(C)(C)c1ccc(N(c2ccc(C(C)(C)C)cc2)c2cc3c4c(c2)N2c5c(cc(C(C)(C)C)cc5C5(C)CCCCC25C)B4c2c(ccc4c2-c2ccc(C(C)(C)C)cc2C4(C)C)N3c2ccc(C(C)(C)C)cc2-c2ccccc2)cc1. The van der Waals surface area contributed by atoms with Crippen LogP contribution in [0, 0.1) is 0 Å². The molecule has 1 saturated carbocycles. The van der Waals surface area contributed by atoms with E-state index in [9.17, 15) is 0 Å². The van der Waals surface area contributed by atoms with Gasteiger partial charge in [0.15, 0.2) is 0 Å². The second-order valence-electron chi connectivity index (χ2n) is 31.9. The molecule has 0 amide bonds. The Labute approximate surface area is 499 Å². The zero-order valence-corrected chi connectivity index (χ0v) is 53.7. The summed E-state index contributed by atoms with van der Waals surface area (Å²) < 4.78 is 0. The van der Waals surface area contributed by atoms with Crippen LogP contribution in [-0.2, 0) is 37.9 Å². The molecule has 5 aliphatic rings. The molecule has 3 heterocycles. The average molecular weight is 1090 g/mol. The molecule has 0 radical (unpaired) electrons.